The van der Waals surface area contributed by atoms with Crippen LogP contribution < -0.4 is 15.4 Å². The average Bonchev–Trinajstić information content (AvgIpc) is 3.09. The van der Waals surface area contributed by atoms with Crippen molar-refractivity contribution in [2.75, 3.05) is 11.9 Å². The van der Waals surface area contributed by atoms with Gasteiger partial charge in [0.25, 0.3) is 0 Å². The Morgan fingerprint density at radius 2 is 1.94 bits per heavy atom. The third-order valence-corrected chi connectivity index (χ3v) is 6.39. The Bertz CT molecular complexity index is 1110. The largest absolute Gasteiger partial charge is 0.439 e. The molecule has 1 aliphatic heterocycles. The van der Waals surface area contributed by atoms with Crippen LogP contribution in [0.2, 0.25) is 0 Å². The van der Waals surface area contributed by atoms with E-state index in [-0.39, 0.29) is 11.8 Å². The first kappa shape index (κ1) is 22.5. The molecule has 4 nitrogen and oxygen atoms in total. The van der Waals surface area contributed by atoms with Gasteiger partial charge in [-0.3, -0.25) is 0 Å². The lowest BCUT2D eigenvalue weighted by atomic mass is 9.86. The third kappa shape index (κ3) is 4.70. The molecule has 170 valence electrons. The molecule has 32 heavy (non-hydrogen) atoms. The number of alkyl halides is 3. The van der Waals surface area contributed by atoms with Crippen LogP contribution in [0.25, 0.3) is 6.08 Å². The van der Waals surface area contributed by atoms with Gasteiger partial charge < -0.3 is 15.4 Å². The summed E-state index contributed by atoms with van der Waals surface area (Å²) in [5.41, 5.74) is 1.85. The van der Waals surface area contributed by atoms with Gasteiger partial charge in [0.15, 0.2) is 5.13 Å². The molecule has 1 aromatic heterocycles. The van der Waals surface area contributed by atoms with Crippen molar-refractivity contribution in [3.63, 3.8) is 0 Å². The SMILES string of the molecule is CC1Cc2nc(NC3=C(Oc4ccccc4C(C)(C)C)NCC=C3)sc2C=C1C(F)(F)F. The van der Waals surface area contributed by atoms with Crippen molar-refractivity contribution in [3.8, 4) is 5.75 Å². The van der Waals surface area contributed by atoms with Crippen molar-refractivity contribution in [2.45, 2.75) is 45.7 Å². The first-order valence-corrected chi connectivity index (χ1v) is 11.3. The number of hydrogen-bond acceptors (Lipinski definition) is 5. The monoisotopic (exact) mass is 461 g/mol. The zero-order valence-corrected chi connectivity index (χ0v) is 19.2. The number of benzene rings is 1. The number of aromatic nitrogens is 1. The van der Waals surface area contributed by atoms with E-state index in [9.17, 15) is 13.2 Å². The highest BCUT2D eigenvalue weighted by Crippen LogP contribution is 2.41. The summed E-state index contributed by atoms with van der Waals surface area (Å²) in [6, 6.07) is 7.89. The Morgan fingerprint density at radius 3 is 2.66 bits per heavy atom. The number of ether oxygens (including phenoxy) is 1. The molecule has 1 unspecified atom stereocenters. The summed E-state index contributed by atoms with van der Waals surface area (Å²) in [4.78, 5) is 5.10. The average molecular weight is 462 g/mol. The Morgan fingerprint density at radius 1 is 1.19 bits per heavy atom. The molecule has 0 fully saturated rings. The standard InChI is InChI=1S/C24H26F3N3OS/c1-14-12-18-20(13-16(14)24(25,26)27)32-22(30-18)29-17-9-7-11-28-21(17)31-19-10-6-5-8-15(19)23(2,3)4/h5-10,13-14,28H,11-12H2,1-4H3,(H,29,30). The van der Waals surface area contributed by atoms with Gasteiger partial charge in [-0.2, -0.15) is 13.2 Å². The maximum atomic E-state index is 13.3. The van der Waals surface area contributed by atoms with E-state index >= 15 is 0 Å². The van der Waals surface area contributed by atoms with Gasteiger partial charge in [-0.25, -0.2) is 4.98 Å². The molecule has 2 aliphatic rings. The minimum absolute atomic E-state index is 0.0944. The lowest BCUT2D eigenvalue weighted by Crippen LogP contribution is -2.26. The first-order chi connectivity index (χ1) is 15.0. The zero-order valence-electron chi connectivity index (χ0n) is 18.4. The highest BCUT2D eigenvalue weighted by Gasteiger charge is 2.39. The van der Waals surface area contributed by atoms with Crippen LogP contribution in [0.1, 0.15) is 43.8 Å². The zero-order chi connectivity index (χ0) is 23.1. The summed E-state index contributed by atoms with van der Waals surface area (Å²) in [6.45, 7) is 8.58. The number of allylic oxidation sites excluding steroid dienone is 2. The Kier molecular flexibility index (Phi) is 5.83. The minimum atomic E-state index is -4.32. The Hall–Kier alpha value is -2.74. The molecular weight excluding hydrogens is 435 g/mol. The van der Waals surface area contributed by atoms with Crippen molar-refractivity contribution in [1.29, 1.82) is 0 Å². The van der Waals surface area contributed by atoms with Gasteiger partial charge in [0.1, 0.15) is 11.4 Å². The van der Waals surface area contributed by atoms with Crippen molar-refractivity contribution in [1.82, 2.24) is 10.3 Å². The van der Waals surface area contributed by atoms with Gasteiger partial charge in [-0.1, -0.05) is 63.3 Å². The fourth-order valence-electron chi connectivity index (χ4n) is 3.81. The second kappa shape index (κ2) is 8.31. The van der Waals surface area contributed by atoms with Crippen LogP contribution in [0.15, 0.2) is 53.6 Å². The minimum Gasteiger partial charge on any atom is -0.439 e. The topological polar surface area (TPSA) is 46.2 Å². The number of hydrogen-bond donors (Lipinski definition) is 2. The molecule has 2 heterocycles. The van der Waals surface area contributed by atoms with E-state index in [0.29, 0.717) is 33.8 Å². The van der Waals surface area contributed by atoms with Crippen molar-refractivity contribution < 1.29 is 17.9 Å². The van der Waals surface area contributed by atoms with Crippen LogP contribution >= 0.6 is 11.3 Å². The predicted octanol–water partition coefficient (Wildman–Crippen LogP) is 6.40. The molecule has 1 atom stereocenters. The molecule has 2 aromatic rings. The van der Waals surface area contributed by atoms with Crippen LogP contribution in [0, 0.1) is 5.92 Å². The summed E-state index contributed by atoms with van der Waals surface area (Å²) in [7, 11) is 0. The number of nitrogens with one attached hydrogen (secondary N) is 2. The van der Waals surface area contributed by atoms with E-state index in [0.717, 1.165) is 11.3 Å². The van der Waals surface area contributed by atoms with E-state index in [1.807, 2.05) is 36.4 Å². The summed E-state index contributed by atoms with van der Waals surface area (Å²) >= 11 is 1.22. The predicted molar refractivity (Wildman–Crippen MR) is 123 cm³/mol. The summed E-state index contributed by atoms with van der Waals surface area (Å²) in [5.74, 6) is 0.695. The Labute approximate surface area is 189 Å². The van der Waals surface area contributed by atoms with Crippen molar-refractivity contribution in [2.24, 2.45) is 5.92 Å². The lowest BCUT2D eigenvalue weighted by molar-refractivity contribution is -0.0975. The van der Waals surface area contributed by atoms with Crippen LogP contribution in [-0.4, -0.2) is 17.7 Å². The van der Waals surface area contributed by atoms with E-state index in [2.05, 4.69) is 36.4 Å². The molecular formula is C24H26F3N3OS. The van der Waals surface area contributed by atoms with Gasteiger partial charge in [-0.05, 0) is 36.0 Å². The van der Waals surface area contributed by atoms with Gasteiger partial charge in [-0.15, -0.1) is 0 Å². The van der Waals surface area contributed by atoms with E-state index < -0.39 is 17.7 Å². The summed E-state index contributed by atoms with van der Waals surface area (Å²) < 4.78 is 46.1. The number of para-hydroxylation sites is 1. The number of dihydropyridines is 1. The molecule has 1 aromatic carbocycles. The number of fused-ring (bicyclic) bond motifs is 1. The second-order valence-corrected chi connectivity index (χ2v) is 10.1. The maximum Gasteiger partial charge on any atom is 0.413 e. The number of nitrogens with zero attached hydrogens (tertiary/aromatic N) is 1. The molecule has 2 N–H and O–H groups in total. The highest BCUT2D eigenvalue weighted by atomic mass is 32.1. The van der Waals surface area contributed by atoms with Crippen LogP contribution in [0.5, 0.6) is 5.75 Å². The molecule has 8 heteroatoms. The van der Waals surface area contributed by atoms with Crippen molar-refractivity contribution >= 4 is 22.5 Å². The van der Waals surface area contributed by atoms with Gasteiger partial charge in [0.2, 0.25) is 5.88 Å². The van der Waals surface area contributed by atoms with E-state index in [1.54, 1.807) is 6.92 Å². The number of rotatable bonds is 4. The van der Waals surface area contributed by atoms with Crippen LogP contribution in [0.3, 0.4) is 0 Å². The number of halogens is 3. The highest BCUT2D eigenvalue weighted by molar-refractivity contribution is 7.16. The third-order valence-electron chi connectivity index (χ3n) is 5.43. The lowest BCUT2D eigenvalue weighted by Gasteiger charge is -2.25. The number of thiazole rings is 1. The summed E-state index contributed by atoms with van der Waals surface area (Å²) in [6.07, 6.45) is 1.02. The molecule has 0 saturated heterocycles. The molecule has 4 rings (SSSR count). The fourth-order valence-corrected chi connectivity index (χ4v) is 4.77. The number of anilines is 1. The summed E-state index contributed by atoms with van der Waals surface area (Å²) in [5, 5.41) is 7.01. The van der Waals surface area contributed by atoms with Gasteiger partial charge in [0, 0.05) is 17.7 Å². The van der Waals surface area contributed by atoms with Gasteiger partial charge >= 0.3 is 6.18 Å². The van der Waals surface area contributed by atoms with E-state index in [4.69, 9.17) is 4.74 Å². The van der Waals surface area contributed by atoms with Crippen molar-refractivity contribution in [3.05, 3.63) is 69.7 Å². The molecule has 0 saturated carbocycles. The van der Waals surface area contributed by atoms with Gasteiger partial charge in [0.05, 0.1) is 10.6 Å². The molecule has 1 aliphatic carbocycles. The molecule has 0 amide bonds. The van der Waals surface area contributed by atoms with Crippen LogP contribution in [-0.2, 0) is 11.8 Å². The molecule has 0 bridgehead atoms. The smallest absolute Gasteiger partial charge is 0.413 e. The maximum absolute atomic E-state index is 13.3. The first-order valence-electron chi connectivity index (χ1n) is 10.5. The second-order valence-electron chi connectivity index (χ2n) is 9.03. The normalized spacial score (nSPS) is 18.7. The van der Waals surface area contributed by atoms with E-state index in [1.165, 1.54) is 17.4 Å². The molecule has 0 spiro atoms. The molecule has 0 radical (unpaired) electrons. The van der Waals surface area contributed by atoms with Crippen LogP contribution in [0.4, 0.5) is 18.3 Å². The Balaban J connectivity index is 1.62. The fraction of sp³-hybridized carbons (Fsp3) is 0.375. The quantitative estimate of drug-likeness (QED) is 0.553.